The van der Waals surface area contributed by atoms with Crippen molar-refractivity contribution >= 4 is 27.8 Å². The normalized spacial score (nSPS) is 13.2. The molecule has 0 aromatic heterocycles. The molecule has 0 spiro atoms. The number of fused-ring (bicyclic) bond motifs is 1. The first-order valence-corrected chi connectivity index (χ1v) is 9.50. The van der Waals surface area contributed by atoms with Gasteiger partial charge in [-0.1, -0.05) is 17.2 Å². The number of hydrogen-bond donors (Lipinski definition) is 1. The number of hydrogen-bond acceptors (Lipinski definition) is 7. The standard InChI is InChI=1S/C18H13N3O6S/c19-10-3-11-20-28(25,26)13-8-6-12(7-9-13)18(24)27-21-16(22)14-4-1-2-5-15(14)17(21)23/h1-2,4-9,20H,3,11H2. The zero-order valence-electron chi connectivity index (χ0n) is 14.3. The van der Waals surface area contributed by atoms with Gasteiger partial charge in [0.15, 0.2) is 0 Å². The Kier molecular flexibility index (Phi) is 5.21. The minimum atomic E-state index is -3.82. The minimum absolute atomic E-state index is 0.0178. The van der Waals surface area contributed by atoms with E-state index in [1.807, 2.05) is 6.07 Å². The van der Waals surface area contributed by atoms with Crippen molar-refractivity contribution < 1.29 is 27.6 Å². The Morgan fingerprint density at radius 1 is 1.04 bits per heavy atom. The third-order valence-electron chi connectivity index (χ3n) is 3.86. The highest BCUT2D eigenvalue weighted by molar-refractivity contribution is 7.89. The molecule has 0 atom stereocenters. The number of rotatable bonds is 6. The number of carbonyl (C=O) groups is 3. The van der Waals surface area contributed by atoms with Crippen LogP contribution < -0.4 is 4.72 Å². The summed E-state index contributed by atoms with van der Waals surface area (Å²) < 4.78 is 26.3. The maximum Gasteiger partial charge on any atom is 0.363 e. The van der Waals surface area contributed by atoms with Crippen molar-refractivity contribution in [2.45, 2.75) is 11.3 Å². The molecule has 0 bridgehead atoms. The fourth-order valence-electron chi connectivity index (χ4n) is 2.48. The van der Waals surface area contributed by atoms with Gasteiger partial charge in [0.2, 0.25) is 10.0 Å². The maximum atomic E-state index is 12.2. The van der Waals surface area contributed by atoms with E-state index in [1.54, 1.807) is 12.1 Å². The predicted octanol–water partition coefficient (Wildman–Crippen LogP) is 1.25. The van der Waals surface area contributed by atoms with Gasteiger partial charge in [0, 0.05) is 13.0 Å². The average molecular weight is 399 g/mol. The van der Waals surface area contributed by atoms with Gasteiger partial charge in [-0.3, -0.25) is 9.59 Å². The molecular formula is C18H13N3O6S. The fraction of sp³-hybridized carbons (Fsp3) is 0.111. The lowest BCUT2D eigenvalue weighted by Gasteiger charge is -2.13. The van der Waals surface area contributed by atoms with E-state index < -0.39 is 27.8 Å². The largest absolute Gasteiger partial charge is 0.363 e. The Morgan fingerprint density at radius 3 is 2.14 bits per heavy atom. The van der Waals surface area contributed by atoms with Crippen molar-refractivity contribution in [3.05, 3.63) is 65.2 Å². The van der Waals surface area contributed by atoms with Crippen LogP contribution in [0.25, 0.3) is 0 Å². The van der Waals surface area contributed by atoms with Crippen LogP contribution in [0.3, 0.4) is 0 Å². The molecule has 0 saturated heterocycles. The molecule has 10 heteroatoms. The number of imide groups is 1. The van der Waals surface area contributed by atoms with Crippen molar-refractivity contribution in [1.82, 2.24) is 9.79 Å². The lowest BCUT2D eigenvalue weighted by atomic mass is 10.1. The topological polar surface area (TPSA) is 134 Å². The summed E-state index contributed by atoms with van der Waals surface area (Å²) in [4.78, 5) is 41.4. The van der Waals surface area contributed by atoms with Crippen LogP contribution >= 0.6 is 0 Å². The van der Waals surface area contributed by atoms with E-state index in [-0.39, 0.29) is 34.6 Å². The highest BCUT2D eigenvalue weighted by Gasteiger charge is 2.38. The van der Waals surface area contributed by atoms with E-state index in [0.29, 0.717) is 5.06 Å². The van der Waals surface area contributed by atoms with Gasteiger partial charge < -0.3 is 4.84 Å². The van der Waals surface area contributed by atoms with Gasteiger partial charge in [-0.15, -0.1) is 0 Å². The molecule has 0 saturated carbocycles. The van der Waals surface area contributed by atoms with Crippen molar-refractivity contribution in [3.8, 4) is 6.07 Å². The summed E-state index contributed by atoms with van der Waals surface area (Å²) in [6, 6.07) is 12.6. The molecule has 0 fully saturated rings. The summed E-state index contributed by atoms with van der Waals surface area (Å²) in [5.74, 6) is -2.50. The number of carbonyl (C=O) groups excluding carboxylic acids is 3. The second-order valence-corrected chi connectivity index (χ2v) is 7.43. The molecule has 1 aliphatic heterocycles. The highest BCUT2D eigenvalue weighted by atomic mass is 32.2. The number of hydroxylamine groups is 2. The van der Waals surface area contributed by atoms with E-state index >= 15 is 0 Å². The second kappa shape index (κ2) is 7.59. The van der Waals surface area contributed by atoms with E-state index in [2.05, 4.69) is 4.72 Å². The molecule has 9 nitrogen and oxygen atoms in total. The Labute approximate surface area is 160 Å². The van der Waals surface area contributed by atoms with E-state index in [1.165, 1.54) is 36.4 Å². The van der Waals surface area contributed by atoms with Crippen molar-refractivity contribution in [1.29, 1.82) is 5.26 Å². The van der Waals surface area contributed by atoms with Gasteiger partial charge in [0.25, 0.3) is 11.8 Å². The fourth-order valence-corrected chi connectivity index (χ4v) is 3.51. The SMILES string of the molecule is N#CCCNS(=O)(=O)c1ccc(C(=O)ON2C(=O)c3ccccc3C2=O)cc1. The summed E-state index contributed by atoms with van der Waals surface area (Å²) in [7, 11) is -3.82. The molecule has 2 amide bonds. The number of nitrogens with zero attached hydrogens (tertiary/aromatic N) is 2. The number of amides is 2. The smallest absolute Gasteiger partial charge is 0.324 e. The molecule has 0 aliphatic carbocycles. The van der Waals surface area contributed by atoms with Crippen LogP contribution in [-0.4, -0.2) is 37.8 Å². The molecule has 2 aromatic carbocycles. The molecule has 0 unspecified atom stereocenters. The molecular weight excluding hydrogens is 386 g/mol. The minimum Gasteiger partial charge on any atom is -0.324 e. The lowest BCUT2D eigenvalue weighted by Crippen LogP contribution is -2.32. The summed E-state index contributed by atoms with van der Waals surface area (Å²) in [6.07, 6.45) is 0.0178. The van der Waals surface area contributed by atoms with Gasteiger partial charge in [-0.25, -0.2) is 17.9 Å². The summed E-state index contributed by atoms with van der Waals surface area (Å²) in [5.41, 5.74) is 0.211. The summed E-state index contributed by atoms with van der Waals surface area (Å²) >= 11 is 0. The monoisotopic (exact) mass is 399 g/mol. The van der Waals surface area contributed by atoms with Crippen LogP contribution in [0.1, 0.15) is 37.5 Å². The van der Waals surface area contributed by atoms with Gasteiger partial charge in [-0.2, -0.15) is 5.26 Å². The van der Waals surface area contributed by atoms with Crippen LogP contribution in [0.15, 0.2) is 53.4 Å². The number of nitriles is 1. The van der Waals surface area contributed by atoms with E-state index in [4.69, 9.17) is 10.1 Å². The van der Waals surface area contributed by atoms with Crippen molar-refractivity contribution in [2.24, 2.45) is 0 Å². The van der Waals surface area contributed by atoms with E-state index in [9.17, 15) is 22.8 Å². The third-order valence-corrected chi connectivity index (χ3v) is 5.34. The lowest BCUT2D eigenvalue weighted by molar-refractivity contribution is -0.0584. The molecule has 2 aromatic rings. The van der Waals surface area contributed by atoms with Crippen molar-refractivity contribution in [3.63, 3.8) is 0 Å². The first-order valence-electron chi connectivity index (χ1n) is 8.02. The highest BCUT2D eigenvalue weighted by Crippen LogP contribution is 2.23. The predicted molar refractivity (Wildman–Crippen MR) is 94.2 cm³/mol. The van der Waals surface area contributed by atoms with Crippen LogP contribution in [-0.2, 0) is 14.9 Å². The summed E-state index contributed by atoms with van der Waals surface area (Å²) in [5, 5.41) is 8.83. The maximum absolute atomic E-state index is 12.2. The molecule has 1 N–H and O–H groups in total. The first-order chi connectivity index (χ1) is 13.3. The third kappa shape index (κ3) is 3.62. The Bertz CT molecular complexity index is 1070. The van der Waals surface area contributed by atoms with Gasteiger partial charge >= 0.3 is 5.97 Å². The van der Waals surface area contributed by atoms with Gasteiger partial charge in [-0.05, 0) is 36.4 Å². The Balaban J connectivity index is 1.72. The zero-order chi connectivity index (χ0) is 20.3. The van der Waals surface area contributed by atoms with Crippen molar-refractivity contribution in [2.75, 3.05) is 6.54 Å². The van der Waals surface area contributed by atoms with Crippen LogP contribution in [0.4, 0.5) is 0 Å². The molecule has 1 aliphatic rings. The van der Waals surface area contributed by atoms with Crippen LogP contribution in [0.5, 0.6) is 0 Å². The molecule has 1 heterocycles. The number of nitrogens with one attached hydrogen (secondary N) is 1. The quantitative estimate of drug-likeness (QED) is 0.571. The number of benzene rings is 2. The van der Waals surface area contributed by atoms with E-state index in [0.717, 1.165) is 0 Å². The Hall–Kier alpha value is -3.55. The molecule has 28 heavy (non-hydrogen) atoms. The second-order valence-electron chi connectivity index (χ2n) is 5.66. The van der Waals surface area contributed by atoms with Gasteiger partial charge in [0.1, 0.15) is 0 Å². The molecule has 3 rings (SSSR count). The summed E-state index contributed by atoms with van der Waals surface area (Å²) in [6.45, 7) is -0.0393. The number of sulfonamides is 1. The van der Waals surface area contributed by atoms with Gasteiger partial charge in [0.05, 0.1) is 27.7 Å². The molecule has 142 valence electrons. The molecule has 0 radical (unpaired) electrons. The van der Waals surface area contributed by atoms with Crippen LogP contribution in [0.2, 0.25) is 0 Å². The van der Waals surface area contributed by atoms with Crippen LogP contribution in [0, 0.1) is 11.3 Å². The zero-order valence-corrected chi connectivity index (χ0v) is 15.1. The average Bonchev–Trinajstić information content (AvgIpc) is 2.93. The Morgan fingerprint density at radius 2 is 1.61 bits per heavy atom. The first kappa shape index (κ1) is 19.2.